The van der Waals surface area contributed by atoms with Gasteiger partial charge in [-0.1, -0.05) is 71.1 Å². The molecule has 220 valence electrons. The van der Waals surface area contributed by atoms with Crippen molar-refractivity contribution in [2.24, 2.45) is 17.8 Å². The maximum Gasteiger partial charge on any atom is 0.270 e. The first-order valence-corrected chi connectivity index (χ1v) is 15.6. The Hall–Kier alpha value is -3.49. The fraction of sp³-hybridized carbons (Fsp3) is 0.594. The van der Waals surface area contributed by atoms with Crippen LogP contribution in [0.1, 0.15) is 99.9 Å². The number of carbonyl (C=O) groups is 2. The van der Waals surface area contributed by atoms with Crippen LogP contribution in [0.3, 0.4) is 0 Å². The summed E-state index contributed by atoms with van der Waals surface area (Å²) in [6.45, 7) is 6.63. The highest BCUT2D eigenvalue weighted by molar-refractivity contribution is 6.00. The number of hydrogen-bond donors (Lipinski definition) is 3. The highest BCUT2D eigenvalue weighted by Gasteiger charge is 2.41. The highest BCUT2D eigenvalue weighted by atomic mass is 16.2. The lowest BCUT2D eigenvalue weighted by atomic mass is 9.66. The van der Waals surface area contributed by atoms with Gasteiger partial charge in [-0.05, 0) is 56.2 Å². The van der Waals surface area contributed by atoms with Crippen molar-refractivity contribution in [2.75, 3.05) is 5.32 Å². The zero-order valence-electron chi connectivity index (χ0n) is 24.8. The predicted octanol–water partition coefficient (Wildman–Crippen LogP) is 6.07. The highest BCUT2D eigenvalue weighted by Crippen LogP contribution is 2.42. The van der Waals surface area contributed by atoms with E-state index >= 15 is 0 Å². The maximum absolute atomic E-state index is 14.2. The summed E-state index contributed by atoms with van der Waals surface area (Å²) >= 11 is 0. The fourth-order valence-corrected chi connectivity index (χ4v) is 7.24. The van der Waals surface area contributed by atoms with Gasteiger partial charge in [0, 0.05) is 35.8 Å². The molecule has 3 heterocycles. The number of rotatable bonds is 10. The zero-order valence-corrected chi connectivity index (χ0v) is 24.8. The molecule has 3 N–H and O–H groups in total. The normalized spacial score (nSPS) is 17.5. The molecule has 5 rings (SSSR count). The third-order valence-corrected chi connectivity index (χ3v) is 9.27. The number of hydrogen-bond acceptors (Lipinski definition) is 5. The first-order chi connectivity index (χ1) is 20.0. The van der Waals surface area contributed by atoms with Crippen LogP contribution in [0.4, 0.5) is 5.82 Å². The third-order valence-electron chi connectivity index (χ3n) is 9.27. The Morgan fingerprint density at radius 1 is 1.00 bits per heavy atom. The van der Waals surface area contributed by atoms with Crippen LogP contribution >= 0.6 is 0 Å². The fourth-order valence-electron chi connectivity index (χ4n) is 7.24. The lowest BCUT2D eigenvalue weighted by Gasteiger charge is -2.41. The average Bonchev–Trinajstić information content (AvgIpc) is 3.64. The van der Waals surface area contributed by atoms with Crippen LogP contribution in [0.15, 0.2) is 30.6 Å². The zero-order chi connectivity index (χ0) is 28.8. The van der Waals surface area contributed by atoms with E-state index in [4.69, 9.17) is 0 Å². The van der Waals surface area contributed by atoms with E-state index in [-0.39, 0.29) is 17.7 Å². The number of aromatic amines is 1. The molecule has 3 aromatic rings. The van der Waals surface area contributed by atoms with Crippen molar-refractivity contribution in [2.45, 2.75) is 104 Å². The molecular weight excluding hydrogens is 514 g/mol. The summed E-state index contributed by atoms with van der Waals surface area (Å²) in [5, 5.41) is 18.0. The van der Waals surface area contributed by atoms with Gasteiger partial charge in [0.05, 0.1) is 5.69 Å². The Labute approximate surface area is 243 Å². The predicted molar refractivity (Wildman–Crippen MR) is 160 cm³/mol. The van der Waals surface area contributed by atoms with E-state index < -0.39 is 6.04 Å². The Morgan fingerprint density at radius 3 is 2.27 bits per heavy atom. The van der Waals surface area contributed by atoms with Crippen LogP contribution in [-0.4, -0.2) is 42.8 Å². The Kier molecular flexibility index (Phi) is 9.52. The van der Waals surface area contributed by atoms with Crippen molar-refractivity contribution in [3.05, 3.63) is 47.7 Å². The van der Waals surface area contributed by atoms with Gasteiger partial charge in [-0.2, -0.15) is 10.2 Å². The smallest absolute Gasteiger partial charge is 0.270 e. The molecule has 0 aromatic carbocycles. The minimum Gasteiger partial charge on any atom is -0.339 e. The molecule has 0 aliphatic heterocycles. The average molecular weight is 560 g/mol. The molecule has 1 atom stereocenters. The lowest BCUT2D eigenvalue weighted by Crippen LogP contribution is -2.53. The summed E-state index contributed by atoms with van der Waals surface area (Å²) in [7, 11) is 0. The van der Waals surface area contributed by atoms with Crippen LogP contribution in [0.25, 0.3) is 11.1 Å². The summed E-state index contributed by atoms with van der Waals surface area (Å²) in [6, 6.07) is 4.91. The van der Waals surface area contributed by atoms with Crippen molar-refractivity contribution in [1.29, 1.82) is 0 Å². The number of anilines is 1. The molecular formula is C32H45N7O2. The van der Waals surface area contributed by atoms with Gasteiger partial charge in [-0.25, -0.2) is 4.98 Å². The number of amides is 2. The SMILES string of the molecule is CCc1[nH]nc(C)c1-c1ccc(NC(=O)C(NC(=O)c2ccnn2CC)C(C2CCCCC2)C2CCCCC2)nc1. The van der Waals surface area contributed by atoms with Crippen LogP contribution in [0.2, 0.25) is 0 Å². The van der Waals surface area contributed by atoms with E-state index in [9.17, 15) is 9.59 Å². The number of nitrogens with one attached hydrogen (secondary N) is 3. The van der Waals surface area contributed by atoms with Gasteiger partial charge >= 0.3 is 0 Å². The van der Waals surface area contributed by atoms with Crippen molar-refractivity contribution >= 4 is 17.6 Å². The van der Waals surface area contributed by atoms with E-state index in [0.29, 0.717) is 29.9 Å². The molecule has 9 heteroatoms. The maximum atomic E-state index is 14.2. The second kappa shape index (κ2) is 13.4. The van der Waals surface area contributed by atoms with Gasteiger partial charge in [0.1, 0.15) is 17.6 Å². The largest absolute Gasteiger partial charge is 0.339 e. The van der Waals surface area contributed by atoms with Gasteiger partial charge in [-0.3, -0.25) is 19.4 Å². The van der Waals surface area contributed by atoms with Crippen molar-refractivity contribution in [1.82, 2.24) is 30.3 Å². The van der Waals surface area contributed by atoms with Gasteiger partial charge < -0.3 is 10.6 Å². The Bertz CT molecular complexity index is 1280. The molecule has 0 bridgehead atoms. The van der Waals surface area contributed by atoms with Gasteiger partial charge in [0.25, 0.3) is 5.91 Å². The quantitative estimate of drug-likeness (QED) is 0.279. The Balaban J connectivity index is 1.43. The number of pyridine rings is 1. The summed E-state index contributed by atoms with van der Waals surface area (Å²) in [6.07, 6.45) is 16.0. The first-order valence-electron chi connectivity index (χ1n) is 15.6. The number of aryl methyl sites for hydroxylation is 3. The molecule has 1 unspecified atom stereocenters. The molecule has 0 saturated heterocycles. The van der Waals surface area contributed by atoms with Gasteiger partial charge in [0.2, 0.25) is 5.91 Å². The third kappa shape index (κ3) is 6.54. The summed E-state index contributed by atoms with van der Waals surface area (Å²) in [5.41, 5.74) is 4.51. The molecule has 3 aromatic heterocycles. The molecule has 2 aliphatic rings. The molecule has 2 amide bonds. The first kappa shape index (κ1) is 29.0. The lowest BCUT2D eigenvalue weighted by molar-refractivity contribution is -0.121. The van der Waals surface area contributed by atoms with Crippen molar-refractivity contribution < 1.29 is 9.59 Å². The second-order valence-electron chi connectivity index (χ2n) is 11.8. The minimum absolute atomic E-state index is 0.0949. The molecule has 9 nitrogen and oxygen atoms in total. The molecule has 2 aliphatic carbocycles. The number of aromatic nitrogens is 5. The van der Waals surface area contributed by atoms with Gasteiger partial charge in [0.15, 0.2) is 0 Å². The number of H-pyrrole nitrogens is 1. The van der Waals surface area contributed by atoms with E-state index in [0.717, 1.165) is 54.6 Å². The monoisotopic (exact) mass is 559 g/mol. The molecule has 2 fully saturated rings. The van der Waals surface area contributed by atoms with Crippen LogP contribution in [0, 0.1) is 24.7 Å². The van der Waals surface area contributed by atoms with E-state index in [1.165, 1.54) is 38.5 Å². The second-order valence-corrected chi connectivity index (χ2v) is 11.8. The standard InChI is InChI=1S/C32H45N7O2/c1-4-25-28(21(3)37-38-25)24-16-17-27(33-20-24)35-32(41)30(36-31(40)26-18-19-34-39(26)5-2)29(22-12-8-6-9-13-22)23-14-10-7-11-15-23/h16-20,22-23,29-30H,4-15H2,1-3H3,(H,36,40)(H,37,38)(H,33,35,41). The van der Waals surface area contributed by atoms with E-state index in [1.807, 2.05) is 26.0 Å². The topological polar surface area (TPSA) is 118 Å². The number of nitrogens with zero attached hydrogens (tertiary/aromatic N) is 4. The van der Waals surface area contributed by atoms with Crippen molar-refractivity contribution in [3.63, 3.8) is 0 Å². The summed E-state index contributed by atoms with van der Waals surface area (Å²) in [5.74, 6) is 0.999. The van der Waals surface area contributed by atoms with E-state index in [2.05, 4.69) is 37.8 Å². The van der Waals surface area contributed by atoms with Crippen LogP contribution in [0.5, 0.6) is 0 Å². The van der Waals surface area contributed by atoms with Crippen molar-refractivity contribution in [3.8, 4) is 11.1 Å². The summed E-state index contributed by atoms with van der Waals surface area (Å²) in [4.78, 5) is 32.4. The van der Waals surface area contributed by atoms with Crippen LogP contribution < -0.4 is 10.6 Å². The summed E-state index contributed by atoms with van der Waals surface area (Å²) < 4.78 is 1.68. The molecule has 41 heavy (non-hydrogen) atoms. The Morgan fingerprint density at radius 2 is 1.68 bits per heavy atom. The van der Waals surface area contributed by atoms with Crippen LogP contribution in [-0.2, 0) is 17.8 Å². The number of carbonyl (C=O) groups excluding carboxylic acids is 2. The van der Waals surface area contributed by atoms with E-state index in [1.54, 1.807) is 23.1 Å². The van der Waals surface area contributed by atoms with Gasteiger partial charge in [-0.15, -0.1) is 0 Å². The molecule has 0 spiro atoms. The minimum atomic E-state index is -0.641. The molecule has 2 saturated carbocycles. The molecule has 0 radical (unpaired) electrons.